The van der Waals surface area contributed by atoms with Gasteiger partial charge in [0.15, 0.2) is 31.2 Å². The quantitative estimate of drug-likeness (QED) is 0.309. The van der Waals surface area contributed by atoms with Crippen molar-refractivity contribution < 1.29 is 43.5 Å². The highest BCUT2D eigenvalue weighted by Gasteiger charge is 2.60. The van der Waals surface area contributed by atoms with E-state index in [1.165, 1.54) is 12.1 Å². The second-order valence-electron chi connectivity index (χ2n) is 10.1. The number of hydrogen-bond acceptors (Lipinski definition) is 5. The van der Waals surface area contributed by atoms with Gasteiger partial charge in [0.1, 0.15) is 10.6 Å². The Balaban J connectivity index is 1.61. The van der Waals surface area contributed by atoms with E-state index in [1.54, 1.807) is 18.2 Å². The highest BCUT2D eigenvalue weighted by molar-refractivity contribution is 7.92. The Morgan fingerprint density at radius 2 is 1.50 bits per heavy atom. The summed E-state index contributed by atoms with van der Waals surface area (Å²) < 4.78 is 128. The molecule has 1 aliphatic carbocycles. The van der Waals surface area contributed by atoms with Gasteiger partial charge in [-0.05, 0) is 73.7 Å². The molecule has 0 amide bonds. The van der Waals surface area contributed by atoms with Crippen LogP contribution in [0.5, 0.6) is 5.75 Å². The second kappa shape index (κ2) is 10.1. The van der Waals surface area contributed by atoms with E-state index in [-0.39, 0.29) is 36.5 Å². The van der Waals surface area contributed by atoms with Gasteiger partial charge in [-0.3, -0.25) is 0 Å². The molecule has 1 aliphatic heterocycles. The molecule has 0 saturated heterocycles. The smallest absolute Gasteiger partial charge is 0.416 e. The van der Waals surface area contributed by atoms with Gasteiger partial charge in [-0.15, -0.1) is 0 Å². The number of benzene rings is 3. The van der Waals surface area contributed by atoms with Gasteiger partial charge in [0.25, 0.3) is 0 Å². The maximum absolute atomic E-state index is 15.5. The summed E-state index contributed by atoms with van der Waals surface area (Å²) in [7, 11) is -8.37. The highest BCUT2D eigenvalue weighted by atomic mass is 32.2. The molecule has 40 heavy (non-hydrogen) atoms. The van der Waals surface area contributed by atoms with Crippen molar-refractivity contribution in [3.63, 3.8) is 0 Å². The summed E-state index contributed by atoms with van der Waals surface area (Å²) >= 11 is 0. The zero-order valence-electron chi connectivity index (χ0n) is 21.0. The van der Waals surface area contributed by atoms with E-state index >= 15 is 4.39 Å². The number of alkyl halides is 3. The molecule has 12 heteroatoms. The van der Waals surface area contributed by atoms with E-state index in [9.17, 15) is 34.4 Å². The third kappa shape index (κ3) is 4.68. The van der Waals surface area contributed by atoms with E-state index in [1.807, 2.05) is 0 Å². The first-order valence-electron chi connectivity index (χ1n) is 12.6. The molecule has 3 atom stereocenters. The summed E-state index contributed by atoms with van der Waals surface area (Å²) in [6, 6.07) is 12.3. The van der Waals surface area contributed by atoms with Crippen molar-refractivity contribution in [1.82, 2.24) is 0 Å². The number of fused-ring (bicyclic) bond motifs is 3. The number of hydrogen-bond donors (Lipinski definition) is 0. The van der Waals surface area contributed by atoms with Crippen molar-refractivity contribution in [3.8, 4) is 5.75 Å². The third-order valence-electron chi connectivity index (χ3n) is 8.01. The van der Waals surface area contributed by atoms with Crippen LogP contribution in [0.1, 0.15) is 36.8 Å². The van der Waals surface area contributed by atoms with E-state index < -0.39 is 75.8 Å². The molecule has 5 rings (SSSR count). The SMILES string of the molecule is O=S(=O)(CC[C@@H]1CCC[C@@]2(S(=O)(=O)c3ccc(C(F)(F)F)cc3)c3c(F)ccc(F)c3OC[C@@H]12)c1ccccc1. The predicted molar refractivity (Wildman–Crippen MR) is 136 cm³/mol. The first kappa shape index (κ1) is 28.5. The summed E-state index contributed by atoms with van der Waals surface area (Å²) in [5.74, 6) is -4.41. The Labute approximate surface area is 228 Å². The van der Waals surface area contributed by atoms with Crippen LogP contribution >= 0.6 is 0 Å². The molecule has 3 aromatic rings. The highest BCUT2D eigenvalue weighted by Crippen LogP contribution is 2.58. The van der Waals surface area contributed by atoms with Crippen LogP contribution in [0.15, 0.2) is 76.5 Å². The molecule has 0 radical (unpaired) electrons. The maximum atomic E-state index is 15.5. The Bertz CT molecular complexity index is 1620. The lowest BCUT2D eigenvalue weighted by Crippen LogP contribution is -2.54. The number of rotatable bonds is 6. The van der Waals surface area contributed by atoms with Crippen molar-refractivity contribution >= 4 is 19.7 Å². The first-order valence-corrected chi connectivity index (χ1v) is 15.7. The number of ether oxygens (including phenoxy) is 1. The van der Waals surface area contributed by atoms with Gasteiger partial charge in [-0.2, -0.15) is 13.2 Å². The van der Waals surface area contributed by atoms with Gasteiger partial charge in [0, 0.05) is 5.92 Å². The van der Waals surface area contributed by atoms with Crippen LogP contribution in [0.2, 0.25) is 0 Å². The molecule has 0 spiro atoms. The van der Waals surface area contributed by atoms with Crippen molar-refractivity contribution in [2.24, 2.45) is 11.8 Å². The van der Waals surface area contributed by atoms with Gasteiger partial charge in [-0.1, -0.05) is 24.6 Å². The summed E-state index contributed by atoms with van der Waals surface area (Å²) in [4.78, 5) is -0.368. The third-order valence-corrected chi connectivity index (χ3v) is 12.3. The monoisotopic (exact) mass is 600 g/mol. The molecule has 0 bridgehead atoms. The van der Waals surface area contributed by atoms with Crippen LogP contribution in [0.4, 0.5) is 22.0 Å². The lowest BCUT2D eigenvalue weighted by atomic mass is 9.66. The fourth-order valence-corrected chi connectivity index (χ4v) is 9.98. The van der Waals surface area contributed by atoms with Crippen LogP contribution in [0.3, 0.4) is 0 Å². The lowest BCUT2D eigenvalue weighted by molar-refractivity contribution is -0.137. The minimum atomic E-state index is -4.70. The van der Waals surface area contributed by atoms with Gasteiger partial charge in [0.05, 0.1) is 33.3 Å². The second-order valence-corrected chi connectivity index (χ2v) is 14.5. The zero-order chi connectivity index (χ0) is 28.9. The molecule has 0 aromatic heterocycles. The maximum Gasteiger partial charge on any atom is 0.416 e. The van der Waals surface area contributed by atoms with Crippen LogP contribution in [0, 0.1) is 23.5 Å². The minimum absolute atomic E-state index is 0.0296. The Hall–Kier alpha value is -2.99. The Kier molecular flexibility index (Phi) is 7.23. The average Bonchev–Trinajstić information content (AvgIpc) is 2.93. The van der Waals surface area contributed by atoms with E-state index in [0.29, 0.717) is 18.6 Å². The number of halogens is 5. The fourth-order valence-electron chi connectivity index (χ4n) is 6.12. The zero-order valence-corrected chi connectivity index (χ0v) is 22.6. The molecule has 5 nitrogen and oxygen atoms in total. The van der Waals surface area contributed by atoms with Gasteiger partial charge in [-0.25, -0.2) is 25.6 Å². The van der Waals surface area contributed by atoms with E-state index in [4.69, 9.17) is 4.74 Å². The molecule has 3 aromatic carbocycles. The molecule has 0 N–H and O–H groups in total. The molecule has 0 unspecified atom stereocenters. The predicted octanol–water partition coefficient (Wildman–Crippen LogP) is 6.33. The summed E-state index contributed by atoms with van der Waals surface area (Å²) in [6.07, 6.45) is -4.16. The fraction of sp³-hybridized carbons (Fsp3) is 0.357. The molecular weight excluding hydrogens is 575 g/mol. The minimum Gasteiger partial charge on any atom is -0.490 e. The van der Waals surface area contributed by atoms with Crippen molar-refractivity contribution in [1.29, 1.82) is 0 Å². The molecule has 2 aliphatic rings. The largest absolute Gasteiger partial charge is 0.490 e. The van der Waals surface area contributed by atoms with Crippen molar-refractivity contribution in [3.05, 3.63) is 89.5 Å². The summed E-state index contributed by atoms with van der Waals surface area (Å²) in [6.45, 7) is -0.330. The van der Waals surface area contributed by atoms with Crippen LogP contribution < -0.4 is 4.74 Å². The molecule has 214 valence electrons. The lowest BCUT2D eigenvalue weighted by Gasteiger charge is -2.50. The van der Waals surface area contributed by atoms with Crippen molar-refractivity contribution in [2.75, 3.05) is 12.4 Å². The van der Waals surface area contributed by atoms with Gasteiger partial charge >= 0.3 is 6.18 Å². The van der Waals surface area contributed by atoms with E-state index in [2.05, 4.69) is 0 Å². The number of sulfone groups is 2. The topological polar surface area (TPSA) is 77.5 Å². The van der Waals surface area contributed by atoms with Gasteiger partial charge in [0.2, 0.25) is 0 Å². The van der Waals surface area contributed by atoms with Crippen LogP contribution in [0.25, 0.3) is 0 Å². The van der Waals surface area contributed by atoms with Crippen molar-refractivity contribution in [2.45, 2.75) is 46.4 Å². The first-order chi connectivity index (χ1) is 18.8. The average molecular weight is 601 g/mol. The van der Waals surface area contributed by atoms with Gasteiger partial charge < -0.3 is 4.74 Å². The molecular formula is C28H25F5O5S2. The van der Waals surface area contributed by atoms with E-state index in [0.717, 1.165) is 24.3 Å². The Morgan fingerprint density at radius 1 is 0.850 bits per heavy atom. The normalized spacial score (nSPS) is 23.1. The Morgan fingerprint density at radius 3 is 2.15 bits per heavy atom. The molecule has 1 heterocycles. The van der Waals surface area contributed by atoms with Crippen LogP contribution in [-0.4, -0.2) is 29.2 Å². The molecule has 1 saturated carbocycles. The standard InChI is InChI=1S/C28H25F5O5S2/c29-23-12-13-24(30)26-25(23)27(40(36,37)21-10-8-19(9-11-21)28(31,32)33)15-4-5-18(22(27)17-38-26)14-16-39(34,35)20-6-2-1-3-7-20/h1-3,6-13,18,22H,4-5,14-17H2/t18-,22-,27-/m0/s1. The molecule has 1 fully saturated rings. The summed E-state index contributed by atoms with van der Waals surface area (Å²) in [5, 5.41) is 0. The van der Waals surface area contributed by atoms with Crippen LogP contribution in [-0.2, 0) is 30.6 Å². The summed E-state index contributed by atoms with van der Waals surface area (Å²) in [5.41, 5.74) is -1.56.